The van der Waals surface area contributed by atoms with Crippen LogP contribution in [0.1, 0.15) is 11.6 Å². The zero-order valence-corrected chi connectivity index (χ0v) is 16.2. The quantitative estimate of drug-likeness (QED) is 0.662. The normalized spacial score (nSPS) is 12.0. The zero-order valence-electron chi connectivity index (χ0n) is 15.4. The molecule has 0 spiro atoms. The summed E-state index contributed by atoms with van der Waals surface area (Å²) in [6, 6.07) is 14.1. The van der Waals surface area contributed by atoms with E-state index in [1.54, 1.807) is 19.2 Å². The number of likely N-dealkylation sites (N-methyl/N-ethyl adjacent to an activating group) is 1. The van der Waals surface area contributed by atoms with Gasteiger partial charge < -0.3 is 25.0 Å². The predicted molar refractivity (Wildman–Crippen MR) is 107 cm³/mol. The monoisotopic (exact) mass is 395 g/mol. The van der Waals surface area contributed by atoms with Gasteiger partial charge in [0.2, 0.25) is 0 Å². The van der Waals surface area contributed by atoms with Crippen molar-refractivity contribution in [1.29, 1.82) is 0 Å². The van der Waals surface area contributed by atoms with E-state index in [1.165, 1.54) is 12.1 Å². The number of benzene rings is 2. The molecule has 5 nitrogen and oxygen atoms in total. The molecule has 0 saturated carbocycles. The van der Waals surface area contributed by atoms with Crippen LogP contribution in [0.2, 0.25) is 0 Å². The van der Waals surface area contributed by atoms with E-state index in [9.17, 15) is 8.78 Å². The second-order valence-electron chi connectivity index (χ2n) is 5.99. The van der Waals surface area contributed by atoms with Gasteiger partial charge in [0, 0.05) is 12.2 Å². The molecule has 0 saturated heterocycles. The Bertz CT molecular complexity index is 742. The maximum absolute atomic E-state index is 12.2. The van der Waals surface area contributed by atoms with E-state index in [0.29, 0.717) is 17.3 Å². The minimum absolute atomic E-state index is 0.0849. The van der Waals surface area contributed by atoms with Gasteiger partial charge in [-0.3, -0.25) is 0 Å². The number of nitrogens with zero attached hydrogens (tertiary/aromatic N) is 1. The summed E-state index contributed by atoms with van der Waals surface area (Å²) in [6.07, 6.45) is 0. The lowest BCUT2D eigenvalue weighted by molar-refractivity contribution is -0.0498. The van der Waals surface area contributed by atoms with E-state index in [0.717, 1.165) is 11.3 Å². The van der Waals surface area contributed by atoms with E-state index in [4.69, 9.17) is 17.0 Å². The first-order chi connectivity index (χ1) is 12.9. The molecule has 0 aliphatic carbocycles. The average Bonchev–Trinajstić information content (AvgIpc) is 2.63. The number of hydrogen-bond donors (Lipinski definition) is 2. The lowest BCUT2D eigenvalue weighted by Gasteiger charge is -2.26. The van der Waals surface area contributed by atoms with Crippen LogP contribution >= 0.6 is 12.2 Å². The van der Waals surface area contributed by atoms with E-state index in [-0.39, 0.29) is 11.8 Å². The molecule has 146 valence electrons. The van der Waals surface area contributed by atoms with E-state index in [2.05, 4.69) is 20.3 Å². The second kappa shape index (κ2) is 10.0. The molecule has 8 heteroatoms. The van der Waals surface area contributed by atoms with Crippen LogP contribution in [-0.4, -0.2) is 44.4 Å². The summed E-state index contributed by atoms with van der Waals surface area (Å²) in [5.41, 5.74) is 1.78. The molecule has 0 aromatic heterocycles. The maximum Gasteiger partial charge on any atom is 0.387 e. The fraction of sp³-hybridized carbons (Fsp3) is 0.316. The summed E-state index contributed by atoms with van der Waals surface area (Å²) in [5, 5.41) is 6.64. The molecule has 2 rings (SSSR count). The fourth-order valence-electron chi connectivity index (χ4n) is 2.53. The van der Waals surface area contributed by atoms with Crippen molar-refractivity contribution in [2.24, 2.45) is 0 Å². The Balaban J connectivity index is 1.93. The summed E-state index contributed by atoms with van der Waals surface area (Å²) in [4.78, 5) is 2.08. The Labute approximate surface area is 163 Å². The van der Waals surface area contributed by atoms with Crippen LogP contribution in [-0.2, 0) is 0 Å². The number of rotatable bonds is 8. The summed E-state index contributed by atoms with van der Waals surface area (Å²) >= 11 is 5.33. The van der Waals surface area contributed by atoms with Gasteiger partial charge in [-0.15, -0.1) is 0 Å². The molecule has 0 aliphatic rings. The molecular formula is C19H23F2N3O2S. The highest BCUT2D eigenvalue weighted by Gasteiger charge is 2.15. The first-order valence-corrected chi connectivity index (χ1v) is 8.70. The number of ether oxygens (including phenoxy) is 2. The maximum atomic E-state index is 12.2. The molecule has 0 heterocycles. The number of halogens is 2. The molecular weight excluding hydrogens is 372 g/mol. The van der Waals surface area contributed by atoms with Crippen LogP contribution in [0.25, 0.3) is 0 Å². The van der Waals surface area contributed by atoms with Crippen molar-refractivity contribution >= 4 is 23.0 Å². The molecule has 2 aromatic carbocycles. The van der Waals surface area contributed by atoms with Crippen molar-refractivity contribution in [1.82, 2.24) is 10.2 Å². The van der Waals surface area contributed by atoms with E-state index >= 15 is 0 Å². The van der Waals surface area contributed by atoms with Gasteiger partial charge in [0.1, 0.15) is 11.5 Å². The van der Waals surface area contributed by atoms with Crippen molar-refractivity contribution in [3.05, 3.63) is 54.1 Å². The van der Waals surface area contributed by atoms with Crippen LogP contribution in [0.15, 0.2) is 48.5 Å². The Hall–Kier alpha value is -2.45. The lowest BCUT2D eigenvalue weighted by atomic mass is 10.1. The number of hydrogen-bond acceptors (Lipinski definition) is 4. The first kappa shape index (κ1) is 20.9. The molecule has 1 atom stereocenters. The SMILES string of the molecule is COc1cccc([C@@H](CNC(=S)Nc2ccc(OC(F)F)cc2)N(C)C)c1. The lowest BCUT2D eigenvalue weighted by Crippen LogP contribution is -2.36. The third-order valence-electron chi connectivity index (χ3n) is 3.90. The second-order valence-corrected chi connectivity index (χ2v) is 6.40. The van der Waals surface area contributed by atoms with Crippen LogP contribution < -0.4 is 20.1 Å². The van der Waals surface area contributed by atoms with E-state index < -0.39 is 6.61 Å². The minimum atomic E-state index is -2.84. The standard InChI is InChI=1S/C19H23F2N3O2S/c1-24(2)17(13-5-4-6-16(11-13)25-3)12-22-19(27)23-14-7-9-15(10-8-14)26-18(20)21/h4-11,17-18H,12H2,1-3H3,(H2,22,23,27)/t17-/m1/s1. The Morgan fingerprint density at radius 3 is 2.41 bits per heavy atom. The largest absolute Gasteiger partial charge is 0.497 e. The third kappa shape index (κ3) is 6.65. The molecule has 0 radical (unpaired) electrons. The van der Waals surface area contributed by atoms with Crippen molar-refractivity contribution in [3.63, 3.8) is 0 Å². The fourth-order valence-corrected chi connectivity index (χ4v) is 2.73. The first-order valence-electron chi connectivity index (χ1n) is 8.29. The molecule has 2 N–H and O–H groups in total. The van der Waals surface area contributed by atoms with E-state index in [1.807, 2.05) is 38.4 Å². The molecule has 0 fully saturated rings. The third-order valence-corrected chi connectivity index (χ3v) is 4.14. The van der Waals surface area contributed by atoms with Gasteiger partial charge in [0.15, 0.2) is 5.11 Å². The molecule has 0 aliphatic heterocycles. The molecule has 0 unspecified atom stereocenters. The van der Waals surface area contributed by atoms with Gasteiger partial charge in [0.25, 0.3) is 0 Å². The number of nitrogens with one attached hydrogen (secondary N) is 2. The summed E-state index contributed by atoms with van der Waals surface area (Å²) in [5.74, 6) is 0.895. The summed E-state index contributed by atoms with van der Waals surface area (Å²) in [6.45, 7) is -2.26. The highest BCUT2D eigenvalue weighted by atomic mass is 32.1. The number of alkyl halides is 2. The van der Waals surface area contributed by atoms with Gasteiger partial charge in [-0.1, -0.05) is 12.1 Å². The smallest absolute Gasteiger partial charge is 0.387 e. The number of methoxy groups -OCH3 is 1. The van der Waals surface area contributed by atoms with Crippen molar-refractivity contribution < 1.29 is 18.3 Å². The zero-order chi connectivity index (χ0) is 19.8. The van der Waals surface area contributed by atoms with Crippen LogP contribution in [0.5, 0.6) is 11.5 Å². The summed E-state index contributed by atoms with van der Waals surface area (Å²) in [7, 11) is 5.62. The Morgan fingerprint density at radius 2 is 1.81 bits per heavy atom. The topological polar surface area (TPSA) is 45.8 Å². The highest BCUT2D eigenvalue weighted by molar-refractivity contribution is 7.80. The van der Waals surface area contributed by atoms with Gasteiger partial charge in [-0.25, -0.2) is 0 Å². The van der Waals surface area contributed by atoms with Gasteiger partial charge >= 0.3 is 6.61 Å². The minimum Gasteiger partial charge on any atom is -0.497 e. The molecule has 2 aromatic rings. The van der Waals surface area contributed by atoms with Crippen LogP contribution in [0.4, 0.5) is 14.5 Å². The molecule has 27 heavy (non-hydrogen) atoms. The Morgan fingerprint density at radius 1 is 1.11 bits per heavy atom. The van der Waals surface area contributed by atoms with Gasteiger partial charge in [-0.05, 0) is 68.3 Å². The van der Waals surface area contributed by atoms with Crippen molar-refractivity contribution in [2.45, 2.75) is 12.7 Å². The Kier molecular flexibility index (Phi) is 7.75. The van der Waals surface area contributed by atoms with Crippen molar-refractivity contribution in [3.8, 4) is 11.5 Å². The highest BCUT2D eigenvalue weighted by Crippen LogP contribution is 2.22. The predicted octanol–water partition coefficient (Wildman–Crippen LogP) is 3.89. The average molecular weight is 395 g/mol. The van der Waals surface area contributed by atoms with Gasteiger partial charge in [-0.2, -0.15) is 8.78 Å². The van der Waals surface area contributed by atoms with Gasteiger partial charge in [0.05, 0.1) is 13.2 Å². The van der Waals surface area contributed by atoms with Crippen LogP contribution in [0, 0.1) is 0 Å². The molecule has 0 bridgehead atoms. The molecule has 0 amide bonds. The summed E-state index contributed by atoms with van der Waals surface area (Å²) < 4.78 is 34.0. The number of thiocarbonyl (C=S) groups is 1. The van der Waals surface area contributed by atoms with Crippen molar-refractivity contribution in [2.75, 3.05) is 33.1 Å². The van der Waals surface area contributed by atoms with Crippen LogP contribution in [0.3, 0.4) is 0 Å². The number of anilines is 1.